The van der Waals surface area contributed by atoms with Crippen LogP contribution < -0.4 is 10.6 Å². The molecular weight excluding hydrogens is 507 g/mol. The molecule has 1 aromatic carbocycles. The van der Waals surface area contributed by atoms with Crippen LogP contribution in [0.15, 0.2) is 52.8 Å². The van der Waals surface area contributed by atoms with Crippen LogP contribution >= 0.6 is 35.3 Å². The number of rotatable bonds is 9. The van der Waals surface area contributed by atoms with Crippen LogP contribution in [0, 0.1) is 5.92 Å². The number of thiophene rings is 1. The Morgan fingerprint density at radius 1 is 1.23 bits per heavy atom. The van der Waals surface area contributed by atoms with E-state index in [1.165, 1.54) is 18.5 Å². The molecule has 5 nitrogen and oxygen atoms in total. The normalized spacial score (nSPS) is 19.2. The summed E-state index contributed by atoms with van der Waals surface area (Å²) < 4.78 is 0. The van der Waals surface area contributed by atoms with Gasteiger partial charge in [0.1, 0.15) is 5.60 Å². The van der Waals surface area contributed by atoms with Gasteiger partial charge in [0.15, 0.2) is 5.96 Å². The Hall–Kier alpha value is -1.16. The molecule has 0 bridgehead atoms. The van der Waals surface area contributed by atoms with E-state index in [1.54, 1.807) is 11.3 Å². The van der Waals surface area contributed by atoms with Crippen LogP contribution in [0.25, 0.3) is 0 Å². The molecule has 7 heteroatoms. The summed E-state index contributed by atoms with van der Waals surface area (Å²) in [5.41, 5.74) is 0.478. The Bertz CT molecular complexity index is 752. The van der Waals surface area contributed by atoms with E-state index in [-0.39, 0.29) is 24.0 Å². The molecule has 1 fully saturated rings. The van der Waals surface area contributed by atoms with Gasteiger partial charge in [0.2, 0.25) is 0 Å². The third-order valence-corrected chi connectivity index (χ3v) is 6.55. The minimum atomic E-state index is -0.932. The summed E-state index contributed by atoms with van der Waals surface area (Å²) in [6.07, 6.45) is 2.33. The van der Waals surface area contributed by atoms with Crippen molar-refractivity contribution in [3.8, 4) is 0 Å². The molecule has 0 amide bonds. The van der Waals surface area contributed by atoms with Crippen molar-refractivity contribution < 1.29 is 5.11 Å². The smallest absolute Gasteiger partial charge is 0.191 e. The van der Waals surface area contributed by atoms with Crippen molar-refractivity contribution in [2.75, 3.05) is 39.3 Å². The Morgan fingerprint density at radius 2 is 2.03 bits per heavy atom. The molecule has 2 heterocycles. The molecule has 3 N–H and O–H groups in total. The number of guanidine groups is 1. The van der Waals surface area contributed by atoms with E-state index in [2.05, 4.69) is 57.8 Å². The summed E-state index contributed by atoms with van der Waals surface area (Å²) in [6.45, 7) is 9.37. The van der Waals surface area contributed by atoms with Crippen LogP contribution in [0.3, 0.4) is 0 Å². The Morgan fingerprint density at radius 3 is 2.73 bits per heavy atom. The van der Waals surface area contributed by atoms with Crippen molar-refractivity contribution in [2.24, 2.45) is 10.9 Å². The number of halogens is 1. The number of aliphatic hydroxyl groups is 1. The van der Waals surface area contributed by atoms with E-state index in [4.69, 9.17) is 0 Å². The second-order valence-electron chi connectivity index (χ2n) is 8.02. The molecule has 1 saturated heterocycles. The average molecular weight is 543 g/mol. The molecule has 166 valence electrons. The van der Waals surface area contributed by atoms with Crippen molar-refractivity contribution in [3.05, 3.63) is 58.3 Å². The molecule has 2 aromatic rings. The van der Waals surface area contributed by atoms with Crippen LogP contribution in [0.1, 0.15) is 30.7 Å². The lowest BCUT2D eigenvalue weighted by Crippen LogP contribution is -2.41. The quantitative estimate of drug-likeness (QED) is 0.257. The highest BCUT2D eigenvalue weighted by Crippen LogP contribution is 2.25. The summed E-state index contributed by atoms with van der Waals surface area (Å²) in [7, 11) is 0. The zero-order valence-corrected chi connectivity index (χ0v) is 21.2. The van der Waals surface area contributed by atoms with Crippen molar-refractivity contribution in [3.63, 3.8) is 0 Å². The monoisotopic (exact) mass is 542 g/mol. The molecule has 1 aliphatic rings. The fourth-order valence-electron chi connectivity index (χ4n) is 3.69. The van der Waals surface area contributed by atoms with Gasteiger partial charge in [-0.25, -0.2) is 4.99 Å². The van der Waals surface area contributed by atoms with Crippen LogP contribution in [-0.2, 0) is 12.0 Å². The Kier molecular flexibility index (Phi) is 10.6. The van der Waals surface area contributed by atoms with Crippen molar-refractivity contribution in [2.45, 2.75) is 32.3 Å². The third kappa shape index (κ3) is 7.83. The van der Waals surface area contributed by atoms with Crippen LogP contribution in [0.2, 0.25) is 0 Å². The minimum absolute atomic E-state index is 0. The summed E-state index contributed by atoms with van der Waals surface area (Å²) in [5, 5.41) is 19.5. The van der Waals surface area contributed by atoms with Crippen LogP contribution in [0.5, 0.6) is 0 Å². The largest absolute Gasteiger partial charge is 0.383 e. The first-order valence-corrected chi connectivity index (χ1v) is 11.5. The van der Waals surface area contributed by atoms with Gasteiger partial charge in [-0.2, -0.15) is 0 Å². The van der Waals surface area contributed by atoms with Crippen molar-refractivity contribution >= 4 is 41.3 Å². The first-order chi connectivity index (χ1) is 14.1. The fourth-order valence-corrected chi connectivity index (χ4v) is 4.47. The zero-order chi connectivity index (χ0) is 20.5. The maximum atomic E-state index is 10.7. The van der Waals surface area contributed by atoms with Gasteiger partial charge in [0, 0.05) is 31.1 Å². The molecule has 1 aliphatic heterocycles. The van der Waals surface area contributed by atoms with Gasteiger partial charge in [0.25, 0.3) is 0 Å². The average Bonchev–Trinajstić information content (AvgIpc) is 3.42. The number of nitrogens with zero attached hydrogens (tertiary/aromatic N) is 2. The third-order valence-electron chi connectivity index (χ3n) is 5.43. The molecule has 2 unspecified atom stereocenters. The molecule has 1 aromatic heterocycles. The lowest BCUT2D eigenvalue weighted by Gasteiger charge is -2.21. The lowest BCUT2D eigenvalue weighted by atomic mass is 10.1. The van der Waals surface area contributed by atoms with Gasteiger partial charge < -0.3 is 20.6 Å². The maximum absolute atomic E-state index is 10.7. The molecule has 3 rings (SSSR count). The SMILES string of the molecule is CCNC(=NCC(C)(O)c1cccs1)NCC1CCN(CCc2ccccc2)C1.I. The highest BCUT2D eigenvalue weighted by molar-refractivity contribution is 14.0. The molecule has 0 spiro atoms. The summed E-state index contributed by atoms with van der Waals surface area (Å²) in [4.78, 5) is 8.14. The van der Waals surface area contributed by atoms with Crippen LogP contribution in [0.4, 0.5) is 0 Å². The first kappa shape index (κ1) is 25.1. The van der Waals surface area contributed by atoms with E-state index in [0.717, 1.165) is 43.4 Å². The molecule has 2 atom stereocenters. The lowest BCUT2D eigenvalue weighted by molar-refractivity contribution is 0.0711. The minimum Gasteiger partial charge on any atom is -0.383 e. The second kappa shape index (κ2) is 12.6. The Balaban J connectivity index is 0.00000320. The van der Waals surface area contributed by atoms with Crippen molar-refractivity contribution in [1.29, 1.82) is 0 Å². The van der Waals surface area contributed by atoms with E-state index >= 15 is 0 Å². The number of likely N-dealkylation sites (tertiary alicyclic amines) is 1. The molecule has 30 heavy (non-hydrogen) atoms. The second-order valence-corrected chi connectivity index (χ2v) is 8.97. The maximum Gasteiger partial charge on any atom is 0.191 e. The molecular formula is C23H35IN4OS. The first-order valence-electron chi connectivity index (χ1n) is 10.6. The number of nitrogens with one attached hydrogen (secondary N) is 2. The molecule has 0 aliphatic carbocycles. The Labute approximate surface area is 202 Å². The van der Waals surface area contributed by atoms with E-state index < -0.39 is 5.60 Å². The van der Waals surface area contributed by atoms with Crippen molar-refractivity contribution in [1.82, 2.24) is 15.5 Å². The van der Waals surface area contributed by atoms with Gasteiger partial charge in [-0.3, -0.25) is 0 Å². The van der Waals surface area contributed by atoms with Gasteiger partial charge in [-0.1, -0.05) is 36.4 Å². The number of hydrogen-bond acceptors (Lipinski definition) is 4. The predicted molar refractivity (Wildman–Crippen MR) is 138 cm³/mol. The highest BCUT2D eigenvalue weighted by atomic mass is 127. The van der Waals surface area contributed by atoms with E-state index in [9.17, 15) is 5.11 Å². The number of benzene rings is 1. The number of hydrogen-bond donors (Lipinski definition) is 3. The molecule has 0 saturated carbocycles. The summed E-state index contributed by atoms with van der Waals surface area (Å²) in [5.74, 6) is 1.42. The van der Waals surface area contributed by atoms with E-state index in [1.807, 2.05) is 24.4 Å². The topological polar surface area (TPSA) is 59.9 Å². The van der Waals surface area contributed by atoms with Gasteiger partial charge in [0.05, 0.1) is 6.54 Å². The fraction of sp³-hybridized carbons (Fsp3) is 0.522. The molecule has 0 radical (unpaired) electrons. The van der Waals surface area contributed by atoms with Gasteiger partial charge >= 0.3 is 0 Å². The van der Waals surface area contributed by atoms with Crippen LogP contribution in [-0.4, -0.2) is 55.2 Å². The van der Waals surface area contributed by atoms with Gasteiger partial charge in [-0.05, 0) is 56.2 Å². The zero-order valence-electron chi connectivity index (χ0n) is 18.0. The summed E-state index contributed by atoms with van der Waals surface area (Å²) >= 11 is 1.57. The number of aliphatic imine (C=N–C) groups is 1. The highest BCUT2D eigenvalue weighted by Gasteiger charge is 2.25. The van der Waals surface area contributed by atoms with Gasteiger partial charge in [-0.15, -0.1) is 35.3 Å². The predicted octanol–water partition coefficient (Wildman–Crippen LogP) is 3.69. The standard InChI is InChI=1S/C23H34N4OS.HI/c1-3-24-22(26-18-23(2,28)21-10-7-15-29-21)25-16-20-12-14-27(17-20)13-11-19-8-5-4-6-9-19;/h4-10,15,20,28H,3,11-14,16-18H2,1-2H3,(H2,24,25,26);1H. The van der Waals surface area contributed by atoms with E-state index in [0.29, 0.717) is 12.5 Å². The summed E-state index contributed by atoms with van der Waals surface area (Å²) in [6, 6.07) is 14.6.